The highest BCUT2D eigenvalue weighted by molar-refractivity contribution is 5.82. The predicted octanol–water partition coefficient (Wildman–Crippen LogP) is -0.0316. The fourth-order valence-electron chi connectivity index (χ4n) is 2.33. The van der Waals surface area contributed by atoms with E-state index in [1.165, 1.54) is 0 Å². The van der Waals surface area contributed by atoms with Crippen molar-refractivity contribution in [1.29, 1.82) is 5.26 Å². The smallest absolute Gasteiger partial charge is 0.213 e. The zero-order valence-corrected chi connectivity index (χ0v) is 11.1. The van der Waals surface area contributed by atoms with E-state index in [0.29, 0.717) is 44.7 Å². The van der Waals surface area contributed by atoms with Crippen molar-refractivity contribution in [2.45, 2.75) is 19.3 Å². The van der Waals surface area contributed by atoms with E-state index in [4.69, 9.17) is 19.2 Å². The monoisotopic (exact) mass is 277 g/mol. The van der Waals surface area contributed by atoms with Gasteiger partial charge >= 0.3 is 0 Å². The lowest BCUT2D eigenvalue weighted by molar-refractivity contribution is -0.161. The molecule has 8 heteroatoms. The van der Waals surface area contributed by atoms with Gasteiger partial charge in [0.25, 0.3) is 0 Å². The molecular formula is C12H15N5O3. The van der Waals surface area contributed by atoms with Crippen molar-refractivity contribution < 1.29 is 13.9 Å². The third-order valence-corrected chi connectivity index (χ3v) is 3.17. The summed E-state index contributed by atoms with van der Waals surface area (Å²) in [6.45, 7) is 4.22. The number of aliphatic imine (C=N–C) groups is 1. The van der Waals surface area contributed by atoms with Crippen molar-refractivity contribution in [1.82, 2.24) is 15.2 Å². The lowest BCUT2D eigenvalue weighted by Gasteiger charge is -2.37. The summed E-state index contributed by atoms with van der Waals surface area (Å²) in [6.07, 6.45) is 3.47. The normalized spacial score (nSPS) is 20.8. The van der Waals surface area contributed by atoms with Gasteiger partial charge in [-0.1, -0.05) is 0 Å². The van der Waals surface area contributed by atoms with Crippen molar-refractivity contribution >= 4 is 5.96 Å². The molecule has 1 N–H and O–H groups in total. The molecule has 2 aliphatic rings. The zero-order valence-electron chi connectivity index (χ0n) is 11.1. The van der Waals surface area contributed by atoms with Gasteiger partial charge in [0.1, 0.15) is 6.26 Å². The summed E-state index contributed by atoms with van der Waals surface area (Å²) in [5.41, 5.74) is 0.812. The number of aromatic nitrogens is 1. The van der Waals surface area contributed by atoms with Crippen LogP contribution in [-0.4, -0.2) is 47.9 Å². The van der Waals surface area contributed by atoms with Gasteiger partial charge in [0.05, 0.1) is 38.5 Å². The summed E-state index contributed by atoms with van der Waals surface area (Å²) in [6, 6.07) is 0. The first kappa shape index (κ1) is 12.9. The third-order valence-electron chi connectivity index (χ3n) is 3.17. The molecule has 1 spiro atoms. The van der Waals surface area contributed by atoms with Crippen LogP contribution in [0.5, 0.6) is 0 Å². The van der Waals surface area contributed by atoms with Gasteiger partial charge in [0, 0.05) is 0 Å². The minimum Gasteiger partial charge on any atom is -0.447 e. The Hall–Kier alpha value is -2.11. The SMILES string of the molecule is Cc1coc(CN2CC3(CN=C2NC#N)OCCO3)n1. The van der Waals surface area contributed by atoms with Crippen LogP contribution in [0.25, 0.3) is 0 Å². The lowest BCUT2D eigenvalue weighted by atomic mass is 10.2. The molecule has 0 aliphatic carbocycles. The van der Waals surface area contributed by atoms with Crippen molar-refractivity contribution in [2.24, 2.45) is 4.99 Å². The number of nitrogens with one attached hydrogen (secondary N) is 1. The van der Waals surface area contributed by atoms with Crippen LogP contribution in [0.1, 0.15) is 11.6 Å². The molecule has 3 rings (SSSR count). The number of hydrogen-bond donors (Lipinski definition) is 1. The summed E-state index contributed by atoms with van der Waals surface area (Å²) >= 11 is 0. The Kier molecular flexibility index (Phi) is 3.30. The average Bonchev–Trinajstić information content (AvgIpc) is 3.04. The van der Waals surface area contributed by atoms with Gasteiger partial charge in [-0.05, 0) is 6.92 Å². The van der Waals surface area contributed by atoms with Gasteiger partial charge in [-0.3, -0.25) is 5.32 Å². The number of guanidine groups is 1. The van der Waals surface area contributed by atoms with E-state index >= 15 is 0 Å². The van der Waals surface area contributed by atoms with Crippen molar-refractivity contribution in [2.75, 3.05) is 26.3 Å². The Labute approximate surface area is 116 Å². The Bertz CT molecular complexity index is 556. The Morgan fingerprint density at radius 3 is 2.95 bits per heavy atom. The maximum atomic E-state index is 8.79. The first-order chi connectivity index (χ1) is 9.71. The highest BCUT2D eigenvalue weighted by atomic mass is 16.7. The van der Waals surface area contributed by atoms with E-state index in [0.717, 1.165) is 5.69 Å². The van der Waals surface area contributed by atoms with Gasteiger partial charge < -0.3 is 18.8 Å². The fourth-order valence-corrected chi connectivity index (χ4v) is 2.33. The number of oxazole rings is 1. The van der Waals surface area contributed by atoms with Crippen molar-refractivity contribution in [3.05, 3.63) is 17.8 Å². The maximum Gasteiger partial charge on any atom is 0.213 e. The van der Waals surface area contributed by atoms with Crippen LogP contribution in [0.15, 0.2) is 15.7 Å². The molecule has 0 aromatic carbocycles. The molecule has 0 atom stereocenters. The van der Waals surface area contributed by atoms with Crippen LogP contribution in [0.3, 0.4) is 0 Å². The third kappa shape index (κ3) is 2.45. The first-order valence-corrected chi connectivity index (χ1v) is 6.34. The largest absolute Gasteiger partial charge is 0.447 e. The molecule has 8 nitrogen and oxygen atoms in total. The maximum absolute atomic E-state index is 8.79. The minimum absolute atomic E-state index is 0.373. The summed E-state index contributed by atoms with van der Waals surface area (Å²) in [7, 11) is 0. The molecule has 1 fully saturated rings. The fraction of sp³-hybridized carbons (Fsp3) is 0.583. The number of nitrogens with zero attached hydrogens (tertiary/aromatic N) is 4. The lowest BCUT2D eigenvalue weighted by Crippen LogP contribution is -2.55. The number of nitriles is 1. The van der Waals surface area contributed by atoms with E-state index in [1.807, 2.05) is 18.0 Å². The van der Waals surface area contributed by atoms with E-state index in [-0.39, 0.29) is 0 Å². The van der Waals surface area contributed by atoms with Gasteiger partial charge in [-0.25, -0.2) is 9.98 Å². The summed E-state index contributed by atoms with van der Waals surface area (Å²) in [5.74, 6) is 0.320. The molecule has 0 unspecified atom stereocenters. The molecule has 106 valence electrons. The van der Waals surface area contributed by atoms with Gasteiger partial charge in [0.2, 0.25) is 17.6 Å². The molecular weight excluding hydrogens is 262 g/mol. The van der Waals surface area contributed by atoms with Gasteiger partial charge in [0.15, 0.2) is 6.19 Å². The molecule has 0 saturated carbocycles. The Morgan fingerprint density at radius 1 is 1.50 bits per heavy atom. The topological polar surface area (TPSA) is 95.9 Å². The van der Waals surface area contributed by atoms with E-state index in [9.17, 15) is 0 Å². The standard InChI is InChI=1S/C12H15N5O3/c1-9-5-18-10(16-9)4-17-7-12(19-2-3-20-12)6-14-11(17)15-8-13/h5H,2-4,6-7H2,1H3,(H,14,15). The molecule has 2 aliphatic heterocycles. The van der Waals surface area contributed by atoms with Crippen LogP contribution < -0.4 is 5.32 Å². The molecule has 0 amide bonds. The second kappa shape index (κ2) is 5.11. The van der Waals surface area contributed by atoms with Crippen molar-refractivity contribution in [3.63, 3.8) is 0 Å². The molecule has 0 bridgehead atoms. The van der Waals surface area contributed by atoms with Gasteiger partial charge in [-0.2, -0.15) is 5.26 Å². The quantitative estimate of drug-likeness (QED) is 0.599. The summed E-state index contributed by atoms with van der Waals surface area (Å²) < 4.78 is 16.6. The van der Waals surface area contributed by atoms with Crippen LogP contribution in [0, 0.1) is 18.4 Å². The van der Waals surface area contributed by atoms with E-state index in [2.05, 4.69) is 15.3 Å². The Balaban J connectivity index is 1.79. The van der Waals surface area contributed by atoms with Crippen molar-refractivity contribution in [3.8, 4) is 6.19 Å². The van der Waals surface area contributed by atoms with Crippen LogP contribution in [0.2, 0.25) is 0 Å². The Morgan fingerprint density at radius 2 is 2.30 bits per heavy atom. The summed E-state index contributed by atoms with van der Waals surface area (Å²) in [4.78, 5) is 10.4. The van der Waals surface area contributed by atoms with Gasteiger partial charge in [-0.15, -0.1) is 0 Å². The van der Waals surface area contributed by atoms with Crippen LogP contribution in [-0.2, 0) is 16.0 Å². The zero-order chi connectivity index (χ0) is 14.0. The number of ether oxygens (including phenoxy) is 2. The second-order valence-corrected chi connectivity index (χ2v) is 4.72. The molecule has 1 aromatic heterocycles. The van der Waals surface area contributed by atoms with E-state index in [1.54, 1.807) is 6.26 Å². The first-order valence-electron chi connectivity index (χ1n) is 6.34. The second-order valence-electron chi connectivity index (χ2n) is 4.72. The number of aryl methyl sites for hydroxylation is 1. The molecule has 1 aromatic rings. The predicted molar refractivity (Wildman–Crippen MR) is 67.3 cm³/mol. The molecule has 0 radical (unpaired) electrons. The summed E-state index contributed by atoms with van der Waals surface area (Å²) in [5, 5.41) is 11.4. The highest BCUT2D eigenvalue weighted by Gasteiger charge is 2.42. The van der Waals surface area contributed by atoms with Crippen LogP contribution in [0.4, 0.5) is 0 Å². The average molecular weight is 277 g/mol. The van der Waals surface area contributed by atoms with Crippen LogP contribution >= 0.6 is 0 Å². The molecule has 20 heavy (non-hydrogen) atoms. The number of rotatable bonds is 2. The molecule has 1 saturated heterocycles. The number of hydrogen-bond acceptors (Lipinski definition) is 8. The minimum atomic E-state index is -0.720. The van der Waals surface area contributed by atoms with E-state index < -0.39 is 5.79 Å². The highest BCUT2D eigenvalue weighted by Crippen LogP contribution is 2.25. The molecule has 3 heterocycles.